The minimum absolute atomic E-state index is 0.192. The second-order valence-electron chi connectivity index (χ2n) is 3.47. The molecule has 0 fully saturated rings. The van der Waals surface area contributed by atoms with E-state index in [0.717, 1.165) is 0 Å². The largest absolute Gasteiger partial charge is 0.480 e. The highest BCUT2D eigenvalue weighted by Crippen LogP contribution is 1.90. The molecule has 0 aliphatic rings. The molecule has 1 unspecified atom stereocenters. The lowest BCUT2D eigenvalue weighted by atomic mass is 10.2. The van der Waals surface area contributed by atoms with Gasteiger partial charge in [0.1, 0.15) is 13.2 Å². The molecule has 18 heavy (non-hydrogen) atoms. The number of carboxylic acids is 1. The molecule has 0 aromatic carbocycles. The van der Waals surface area contributed by atoms with Gasteiger partial charge >= 0.3 is 12.0 Å². The van der Waals surface area contributed by atoms with Crippen LogP contribution in [0, 0.1) is 0 Å². The maximum Gasteiger partial charge on any atom is 0.329 e. The number of amides is 3. The van der Waals surface area contributed by atoms with Crippen LogP contribution in [0.4, 0.5) is 4.79 Å². The number of nitrogens with one attached hydrogen (secondary N) is 2. The first-order chi connectivity index (χ1) is 8.49. The Labute approximate surface area is 105 Å². The van der Waals surface area contributed by atoms with Crippen LogP contribution in [0.3, 0.4) is 0 Å². The first-order valence-electron chi connectivity index (χ1n) is 5.38. The Morgan fingerprint density at radius 2 is 1.94 bits per heavy atom. The van der Waals surface area contributed by atoms with Crippen LogP contribution in [-0.4, -0.2) is 56.0 Å². The van der Waals surface area contributed by atoms with E-state index in [1.54, 1.807) is 0 Å². The van der Waals surface area contributed by atoms with Crippen molar-refractivity contribution in [1.29, 1.82) is 0 Å². The summed E-state index contributed by atoms with van der Waals surface area (Å²) in [5, 5.41) is 12.8. The molecule has 0 radical (unpaired) electrons. The molecule has 3 N–H and O–H groups in total. The molecule has 3 amide bonds. The second kappa shape index (κ2) is 9.37. The van der Waals surface area contributed by atoms with Crippen molar-refractivity contribution in [2.24, 2.45) is 0 Å². The molecule has 0 aliphatic carbocycles. The van der Waals surface area contributed by atoms with E-state index < -0.39 is 31.1 Å². The van der Waals surface area contributed by atoms with Gasteiger partial charge in [-0.15, -0.1) is 0 Å². The van der Waals surface area contributed by atoms with Crippen LogP contribution < -0.4 is 10.6 Å². The fourth-order valence-corrected chi connectivity index (χ4v) is 1.08. The molecule has 1 atom stereocenters. The summed E-state index contributed by atoms with van der Waals surface area (Å²) in [6, 6.07) is -0.856. The molecule has 0 aromatic heterocycles. The summed E-state index contributed by atoms with van der Waals surface area (Å²) in [4.78, 5) is 32.6. The number of carbonyl (C=O) groups excluding carboxylic acids is 2. The third-order valence-corrected chi connectivity index (χ3v) is 1.91. The van der Waals surface area contributed by atoms with Gasteiger partial charge in [-0.1, -0.05) is 6.92 Å². The Kier molecular flexibility index (Phi) is 8.50. The van der Waals surface area contributed by atoms with Gasteiger partial charge in [0.25, 0.3) is 5.91 Å². The minimum atomic E-state index is -1.18. The van der Waals surface area contributed by atoms with Crippen LogP contribution >= 0.6 is 0 Å². The van der Waals surface area contributed by atoms with Crippen molar-refractivity contribution in [3.8, 4) is 0 Å². The zero-order chi connectivity index (χ0) is 14.0. The summed E-state index contributed by atoms with van der Waals surface area (Å²) in [6.07, 6.45) is 0.658. The van der Waals surface area contributed by atoms with Gasteiger partial charge in [-0.2, -0.15) is 0 Å². The average molecular weight is 262 g/mol. The first kappa shape index (κ1) is 16.3. The third-order valence-electron chi connectivity index (χ3n) is 1.91. The topological polar surface area (TPSA) is 114 Å². The van der Waals surface area contributed by atoms with E-state index in [4.69, 9.17) is 9.84 Å². The Hall–Kier alpha value is -1.67. The molecular formula is C10H18N2O6. The quantitative estimate of drug-likeness (QED) is 0.535. The standard InChI is InChI=1S/C10H18N2O6/c1-3-7(4-17-2)11-10(16)12-8(13)5-18-6-9(14)15/h7H,3-6H2,1-2H3,(H,14,15)(H2,11,12,13,16). The second-order valence-corrected chi connectivity index (χ2v) is 3.47. The van der Waals surface area contributed by atoms with Gasteiger partial charge in [-0.3, -0.25) is 10.1 Å². The smallest absolute Gasteiger partial charge is 0.329 e. The van der Waals surface area contributed by atoms with Crippen LogP contribution in [0.5, 0.6) is 0 Å². The average Bonchev–Trinajstić information content (AvgIpc) is 2.27. The lowest BCUT2D eigenvalue weighted by molar-refractivity contribution is -0.143. The van der Waals surface area contributed by atoms with Crippen molar-refractivity contribution in [2.45, 2.75) is 19.4 Å². The number of carboxylic acid groups (broad SMARTS) is 1. The van der Waals surface area contributed by atoms with E-state index in [9.17, 15) is 14.4 Å². The summed E-state index contributed by atoms with van der Waals surface area (Å²) in [7, 11) is 1.51. The summed E-state index contributed by atoms with van der Waals surface area (Å²) in [5.74, 6) is -1.89. The Balaban J connectivity index is 3.85. The molecular weight excluding hydrogens is 244 g/mol. The monoisotopic (exact) mass is 262 g/mol. The zero-order valence-corrected chi connectivity index (χ0v) is 10.4. The number of imide groups is 1. The lowest BCUT2D eigenvalue weighted by Gasteiger charge is -2.15. The van der Waals surface area contributed by atoms with Gasteiger partial charge in [0, 0.05) is 7.11 Å². The van der Waals surface area contributed by atoms with Gasteiger partial charge in [0.05, 0.1) is 12.6 Å². The summed E-state index contributed by atoms with van der Waals surface area (Å²) in [5.41, 5.74) is 0. The highest BCUT2D eigenvalue weighted by Gasteiger charge is 2.12. The molecule has 0 saturated heterocycles. The molecule has 0 saturated carbocycles. The fourth-order valence-electron chi connectivity index (χ4n) is 1.08. The summed E-state index contributed by atoms with van der Waals surface area (Å²) < 4.78 is 9.39. The number of hydrogen-bond acceptors (Lipinski definition) is 5. The highest BCUT2D eigenvalue weighted by molar-refractivity contribution is 5.95. The SMILES string of the molecule is CCC(COC)NC(=O)NC(=O)COCC(=O)O. The summed E-state index contributed by atoms with van der Waals surface area (Å²) in [6.45, 7) is 1.13. The number of carbonyl (C=O) groups is 3. The van der Waals surface area contributed by atoms with E-state index in [0.29, 0.717) is 13.0 Å². The van der Waals surface area contributed by atoms with Gasteiger partial charge < -0.3 is 19.9 Å². The molecule has 8 nitrogen and oxygen atoms in total. The zero-order valence-electron chi connectivity index (χ0n) is 10.4. The minimum Gasteiger partial charge on any atom is -0.480 e. The normalized spacial score (nSPS) is 11.7. The third kappa shape index (κ3) is 8.48. The van der Waals surface area contributed by atoms with Gasteiger partial charge in [0.15, 0.2) is 0 Å². The van der Waals surface area contributed by atoms with Crippen LogP contribution in [-0.2, 0) is 19.1 Å². The molecule has 0 heterocycles. The van der Waals surface area contributed by atoms with E-state index in [-0.39, 0.29) is 6.04 Å². The van der Waals surface area contributed by atoms with Crippen molar-refractivity contribution in [3.63, 3.8) is 0 Å². The number of methoxy groups -OCH3 is 1. The Bertz CT molecular complexity index is 294. The number of urea groups is 1. The van der Waals surface area contributed by atoms with Crippen LogP contribution in [0.15, 0.2) is 0 Å². The van der Waals surface area contributed by atoms with Gasteiger partial charge in [-0.25, -0.2) is 9.59 Å². The molecule has 8 heteroatoms. The Morgan fingerprint density at radius 3 is 2.44 bits per heavy atom. The maximum absolute atomic E-state index is 11.3. The van der Waals surface area contributed by atoms with Crippen LogP contribution in [0.25, 0.3) is 0 Å². The van der Waals surface area contributed by atoms with Crippen molar-refractivity contribution in [1.82, 2.24) is 10.6 Å². The van der Waals surface area contributed by atoms with E-state index in [2.05, 4.69) is 10.1 Å². The lowest BCUT2D eigenvalue weighted by Crippen LogP contribution is -2.47. The Morgan fingerprint density at radius 1 is 1.28 bits per heavy atom. The van der Waals surface area contributed by atoms with Crippen molar-refractivity contribution < 1.29 is 29.0 Å². The van der Waals surface area contributed by atoms with Crippen LogP contribution in [0.2, 0.25) is 0 Å². The van der Waals surface area contributed by atoms with Gasteiger partial charge in [-0.05, 0) is 6.42 Å². The molecule has 0 rings (SSSR count). The number of rotatable bonds is 8. The number of aliphatic carboxylic acids is 1. The molecule has 0 aromatic rings. The van der Waals surface area contributed by atoms with E-state index >= 15 is 0 Å². The van der Waals surface area contributed by atoms with Crippen molar-refractivity contribution in [3.05, 3.63) is 0 Å². The molecule has 0 spiro atoms. The number of ether oxygens (including phenoxy) is 2. The van der Waals surface area contributed by atoms with Crippen molar-refractivity contribution >= 4 is 17.9 Å². The fraction of sp³-hybridized carbons (Fsp3) is 0.700. The van der Waals surface area contributed by atoms with Crippen molar-refractivity contribution in [2.75, 3.05) is 26.9 Å². The van der Waals surface area contributed by atoms with Crippen LogP contribution in [0.1, 0.15) is 13.3 Å². The molecule has 104 valence electrons. The van der Waals surface area contributed by atoms with E-state index in [1.165, 1.54) is 7.11 Å². The first-order valence-corrected chi connectivity index (χ1v) is 5.38. The molecule has 0 bridgehead atoms. The van der Waals surface area contributed by atoms with Gasteiger partial charge in [0.2, 0.25) is 0 Å². The predicted molar refractivity (Wildman–Crippen MR) is 61.1 cm³/mol. The summed E-state index contributed by atoms with van der Waals surface area (Å²) >= 11 is 0. The van der Waals surface area contributed by atoms with E-state index in [1.807, 2.05) is 12.2 Å². The highest BCUT2D eigenvalue weighted by atomic mass is 16.5. The number of hydrogen-bond donors (Lipinski definition) is 3. The molecule has 0 aliphatic heterocycles. The predicted octanol–water partition coefficient (Wildman–Crippen LogP) is -0.662. The maximum atomic E-state index is 11.3.